The number of thioether (sulfide) groups is 1. The van der Waals surface area contributed by atoms with E-state index >= 15 is 0 Å². The summed E-state index contributed by atoms with van der Waals surface area (Å²) in [5, 5.41) is 12.7. The maximum atomic E-state index is 12.8. The van der Waals surface area contributed by atoms with Crippen LogP contribution < -0.4 is 5.32 Å². The number of hydrogen-bond donors (Lipinski definition) is 1. The first-order chi connectivity index (χ1) is 16.6. The molecule has 0 radical (unpaired) electrons. The second-order valence-corrected chi connectivity index (χ2v) is 10.7. The van der Waals surface area contributed by atoms with Crippen LogP contribution in [-0.4, -0.2) is 87.1 Å². The molecule has 2 saturated heterocycles. The van der Waals surface area contributed by atoms with Gasteiger partial charge in [0.25, 0.3) is 0 Å². The largest absolute Gasteiger partial charge is 0.379 e. The van der Waals surface area contributed by atoms with Gasteiger partial charge < -0.3 is 19.5 Å². The molecular formula is C24H40N6O3S. The van der Waals surface area contributed by atoms with E-state index in [1.54, 1.807) is 0 Å². The maximum Gasteiger partial charge on any atom is 0.230 e. The lowest BCUT2D eigenvalue weighted by Gasteiger charge is -2.48. The molecule has 10 heteroatoms. The Morgan fingerprint density at radius 1 is 1.06 bits per heavy atom. The molecule has 0 bridgehead atoms. The molecule has 0 spiro atoms. The smallest absolute Gasteiger partial charge is 0.230 e. The minimum atomic E-state index is 0.0399. The van der Waals surface area contributed by atoms with Crippen LogP contribution in [0, 0.1) is 0 Å². The fraction of sp³-hybridized carbons (Fsp3) is 0.833. The lowest BCUT2D eigenvalue weighted by atomic mass is 9.79. The van der Waals surface area contributed by atoms with Crippen molar-refractivity contribution in [1.82, 2.24) is 29.9 Å². The van der Waals surface area contributed by atoms with Crippen LogP contribution in [0.5, 0.6) is 0 Å². The van der Waals surface area contributed by atoms with Gasteiger partial charge in [0.2, 0.25) is 11.8 Å². The molecule has 0 aromatic carbocycles. The molecule has 1 saturated carbocycles. The Labute approximate surface area is 207 Å². The van der Waals surface area contributed by atoms with Gasteiger partial charge in [-0.3, -0.25) is 14.5 Å². The predicted molar refractivity (Wildman–Crippen MR) is 132 cm³/mol. The van der Waals surface area contributed by atoms with Gasteiger partial charge in [0.05, 0.1) is 25.5 Å². The van der Waals surface area contributed by atoms with Crippen molar-refractivity contribution in [2.24, 2.45) is 0 Å². The molecule has 34 heavy (non-hydrogen) atoms. The summed E-state index contributed by atoms with van der Waals surface area (Å²) in [6.45, 7) is 8.21. The highest BCUT2D eigenvalue weighted by molar-refractivity contribution is 7.99. The quantitative estimate of drug-likeness (QED) is 0.529. The van der Waals surface area contributed by atoms with Gasteiger partial charge in [0, 0.05) is 44.7 Å². The van der Waals surface area contributed by atoms with Crippen LogP contribution in [0.25, 0.3) is 0 Å². The van der Waals surface area contributed by atoms with Crippen LogP contribution >= 0.6 is 11.8 Å². The summed E-state index contributed by atoms with van der Waals surface area (Å²) in [4.78, 5) is 29.6. The zero-order valence-corrected chi connectivity index (χ0v) is 21.4. The number of hydrogen-bond acceptors (Lipinski definition) is 7. The first kappa shape index (κ1) is 25.4. The van der Waals surface area contributed by atoms with E-state index in [0.717, 1.165) is 75.9 Å². The summed E-state index contributed by atoms with van der Waals surface area (Å²) in [6.07, 6.45) is 9.76. The summed E-state index contributed by atoms with van der Waals surface area (Å²) < 4.78 is 7.60. The maximum absolute atomic E-state index is 12.8. The predicted octanol–water partition coefficient (Wildman–Crippen LogP) is 2.44. The summed E-state index contributed by atoms with van der Waals surface area (Å²) in [5.74, 6) is 1.36. The second kappa shape index (κ2) is 12.4. The standard InChI is InChI=1S/C24H40N6O3S/c1-2-30-20(17-28-12-8-3-5-9-22(28)32)26-27-23(30)34-18-21(31)25-19-24(10-6-4-7-11-24)29-13-15-33-16-14-29/h2-19H2,1H3,(H,25,31). The molecule has 3 aliphatic rings. The van der Waals surface area contributed by atoms with Gasteiger partial charge in [0.15, 0.2) is 11.0 Å². The first-order valence-corrected chi connectivity index (χ1v) is 14.0. The SMILES string of the molecule is CCn1c(CN2CCCCCC2=O)nnc1SCC(=O)NCC1(N2CCOCC2)CCCCC1. The Morgan fingerprint density at radius 3 is 2.59 bits per heavy atom. The third-order valence-corrected chi connectivity index (χ3v) is 8.49. The zero-order chi connectivity index (χ0) is 23.8. The number of ether oxygens (including phenoxy) is 1. The second-order valence-electron chi connectivity index (χ2n) is 9.72. The van der Waals surface area contributed by atoms with Crippen LogP contribution in [0.3, 0.4) is 0 Å². The van der Waals surface area contributed by atoms with Gasteiger partial charge in [-0.1, -0.05) is 37.4 Å². The van der Waals surface area contributed by atoms with E-state index < -0.39 is 0 Å². The molecule has 2 aliphatic heterocycles. The van der Waals surface area contributed by atoms with Crippen molar-refractivity contribution in [3.05, 3.63) is 5.82 Å². The van der Waals surface area contributed by atoms with Crippen LogP contribution in [0.4, 0.5) is 0 Å². The van der Waals surface area contributed by atoms with E-state index in [4.69, 9.17) is 4.74 Å². The van der Waals surface area contributed by atoms with Crippen molar-refractivity contribution in [2.75, 3.05) is 45.1 Å². The Balaban J connectivity index is 1.31. The van der Waals surface area contributed by atoms with E-state index in [0.29, 0.717) is 31.8 Å². The van der Waals surface area contributed by atoms with Gasteiger partial charge in [-0.05, 0) is 32.6 Å². The Morgan fingerprint density at radius 2 is 1.82 bits per heavy atom. The van der Waals surface area contributed by atoms with E-state index in [2.05, 4.69) is 27.3 Å². The number of rotatable bonds is 9. The number of carbonyl (C=O) groups is 2. The lowest BCUT2D eigenvalue weighted by molar-refractivity contribution is -0.131. The minimum Gasteiger partial charge on any atom is -0.379 e. The van der Waals surface area contributed by atoms with Crippen LogP contribution in [-0.2, 0) is 27.4 Å². The molecule has 3 fully saturated rings. The molecule has 0 unspecified atom stereocenters. The summed E-state index contributed by atoms with van der Waals surface area (Å²) in [5.41, 5.74) is 0.0681. The normalized spacial score (nSPS) is 21.9. The fourth-order valence-corrected chi connectivity index (χ4v) is 6.38. The lowest BCUT2D eigenvalue weighted by Crippen LogP contribution is -2.59. The van der Waals surface area contributed by atoms with Crippen molar-refractivity contribution in [3.63, 3.8) is 0 Å². The van der Waals surface area contributed by atoms with Gasteiger partial charge in [-0.2, -0.15) is 0 Å². The molecule has 3 heterocycles. The van der Waals surface area contributed by atoms with Crippen LogP contribution in [0.2, 0.25) is 0 Å². The molecule has 1 aromatic rings. The number of morpholine rings is 1. The van der Waals surface area contributed by atoms with E-state index in [-0.39, 0.29) is 17.4 Å². The number of amides is 2. The van der Waals surface area contributed by atoms with Gasteiger partial charge >= 0.3 is 0 Å². The molecule has 1 N–H and O–H groups in total. The monoisotopic (exact) mass is 492 g/mol. The number of aromatic nitrogens is 3. The number of likely N-dealkylation sites (tertiary alicyclic amines) is 1. The van der Waals surface area contributed by atoms with Crippen molar-refractivity contribution >= 4 is 23.6 Å². The fourth-order valence-electron chi connectivity index (χ4n) is 5.53. The summed E-state index contributed by atoms with van der Waals surface area (Å²) in [6, 6.07) is 0. The molecule has 9 nitrogen and oxygen atoms in total. The molecule has 4 rings (SSSR count). The van der Waals surface area contributed by atoms with E-state index in [1.807, 2.05) is 9.47 Å². The molecule has 1 aliphatic carbocycles. The molecule has 1 aromatic heterocycles. The van der Waals surface area contributed by atoms with Crippen LogP contribution in [0.15, 0.2) is 5.16 Å². The van der Waals surface area contributed by atoms with E-state index in [9.17, 15) is 9.59 Å². The summed E-state index contributed by atoms with van der Waals surface area (Å²) in [7, 11) is 0. The van der Waals surface area contributed by atoms with Gasteiger partial charge in [-0.25, -0.2) is 0 Å². The number of nitrogens with one attached hydrogen (secondary N) is 1. The molecular weight excluding hydrogens is 452 g/mol. The van der Waals surface area contributed by atoms with Crippen molar-refractivity contribution < 1.29 is 14.3 Å². The number of nitrogens with zero attached hydrogens (tertiary/aromatic N) is 5. The van der Waals surface area contributed by atoms with Crippen molar-refractivity contribution in [1.29, 1.82) is 0 Å². The van der Waals surface area contributed by atoms with Crippen molar-refractivity contribution in [2.45, 2.75) is 88.5 Å². The highest BCUT2D eigenvalue weighted by Crippen LogP contribution is 2.34. The molecule has 2 amide bonds. The van der Waals surface area contributed by atoms with Crippen molar-refractivity contribution in [3.8, 4) is 0 Å². The number of carbonyl (C=O) groups excluding carboxylic acids is 2. The van der Waals surface area contributed by atoms with E-state index in [1.165, 1.54) is 31.0 Å². The summed E-state index contributed by atoms with van der Waals surface area (Å²) >= 11 is 1.43. The Bertz CT molecular complexity index is 820. The Hall–Kier alpha value is -1.65. The average molecular weight is 493 g/mol. The topological polar surface area (TPSA) is 92.6 Å². The highest BCUT2D eigenvalue weighted by atomic mass is 32.2. The van der Waals surface area contributed by atoms with Gasteiger partial charge in [-0.15, -0.1) is 10.2 Å². The molecule has 190 valence electrons. The molecule has 0 atom stereocenters. The third-order valence-electron chi connectivity index (χ3n) is 7.53. The van der Waals surface area contributed by atoms with Crippen LogP contribution in [0.1, 0.15) is 70.5 Å². The first-order valence-electron chi connectivity index (χ1n) is 13.0. The minimum absolute atomic E-state index is 0.0399. The third kappa shape index (κ3) is 6.31. The highest BCUT2D eigenvalue weighted by Gasteiger charge is 2.38. The average Bonchev–Trinajstić information content (AvgIpc) is 3.15. The Kier molecular flexibility index (Phi) is 9.24. The van der Waals surface area contributed by atoms with Gasteiger partial charge in [0.1, 0.15) is 0 Å². The zero-order valence-electron chi connectivity index (χ0n) is 20.6.